The molecule has 0 radical (unpaired) electrons. The Morgan fingerprint density at radius 2 is 0.952 bits per heavy atom. The van der Waals surface area contributed by atoms with Gasteiger partial charge in [0.2, 0.25) is 0 Å². The minimum Gasteiger partial charge on any atom is -0.166 e. The van der Waals surface area contributed by atoms with Gasteiger partial charge in [0.05, 0.1) is 11.1 Å². The van der Waals surface area contributed by atoms with E-state index in [1.54, 1.807) is 5.56 Å². The summed E-state index contributed by atoms with van der Waals surface area (Å²) >= 11 is 0. The molecular formula is C36H36F6. The molecule has 4 aromatic carbocycles. The van der Waals surface area contributed by atoms with E-state index in [4.69, 9.17) is 0 Å². The van der Waals surface area contributed by atoms with Crippen LogP contribution in [-0.4, -0.2) is 0 Å². The monoisotopic (exact) mass is 582 g/mol. The first-order chi connectivity index (χ1) is 19.4. The Bertz CT molecular complexity index is 1510. The third-order valence-electron chi connectivity index (χ3n) is 8.36. The second-order valence-corrected chi connectivity index (χ2v) is 12.1. The summed E-state index contributed by atoms with van der Waals surface area (Å²) in [7, 11) is 0. The molecule has 42 heavy (non-hydrogen) atoms. The standard InChI is InChI=1S/C20H24.C16H12F6/c1-13-6-9-16(10-7-13)19-15(3)17-12-14(2)8-11-18(17)20(19,4)5;1-9-3-5-11(13(7-9)15(17,18)19)12-6-4-10(2)8-14(12)16(20,21)22/h6-12,15,19H,1-5H3;3-8H,1-2H3. The smallest absolute Gasteiger partial charge is 0.166 e. The quantitative estimate of drug-likeness (QED) is 0.206. The van der Waals surface area contributed by atoms with E-state index >= 15 is 0 Å². The fourth-order valence-corrected chi connectivity index (χ4v) is 6.35. The lowest BCUT2D eigenvalue weighted by atomic mass is 9.72. The number of halogens is 6. The number of benzene rings is 4. The number of fused-ring (bicyclic) bond motifs is 1. The predicted molar refractivity (Wildman–Crippen MR) is 158 cm³/mol. The Morgan fingerprint density at radius 3 is 1.40 bits per heavy atom. The van der Waals surface area contributed by atoms with Gasteiger partial charge in [-0.2, -0.15) is 26.3 Å². The molecule has 6 heteroatoms. The van der Waals surface area contributed by atoms with Gasteiger partial charge >= 0.3 is 12.4 Å². The van der Waals surface area contributed by atoms with Crippen LogP contribution in [0.1, 0.15) is 82.7 Å². The van der Waals surface area contributed by atoms with E-state index in [-0.39, 0.29) is 5.41 Å². The summed E-state index contributed by atoms with van der Waals surface area (Å²) in [5.74, 6) is 1.16. The zero-order chi connectivity index (χ0) is 31.2. The van der Waals surface area contributed by atoms with Gasteiger partial charge in [0.1, 0.15) is 0 Å². The molecule has 222 valence electrons. The summed E-state index contributed by atoms with van der Waals surface area (Å²) in [6.07, 6.45) is -9.45. The van der Waals surface area contributed by atoms with E-state index in [9.17, 15) is 26.3 Å². The summed E-state index contributed by atoms with van der Waals surface area (Å²) in [5, 5.41) is 0. The largest absolute Gasteiger partial charge is 0.417 e. The SMILES string of the molecule is Cc1ccc(-c2ccc(C)cc2C(F)(F)F)c(C(F)(F)F)c1.Cc1ccc(C2C(C)c3cc(C)ccc3C2(C)C)cc1. The molecule has 0 amide bonds. The van der Waals surface area contributed by atoms with Crippen molar-refractivity contribution in [2.24, 2.45) is 0 Å². The number of alkyl halides is 6. The number of rotatable bonds is 2. The first kappa shape index (κ1) is 31.4. The Balaban J connectivity index is 0.000000193. The van der Waals surface area contributed by atoms with Crippen LogP contribution < -0.4 is 0 Å². The first-order valence-corrected chi connectivity index (χ1v) is 13.9. The second-order valence-electron chi connectivity index (χ2n) is 12.1. The fraction of sp³-hybridized carbons (Fsp3) is 0.333. The summed E-state index contributed by atoms with van der Waals surface area (Å²) in [6, 6.07) is 22.7. The Hall–Kier alpha value is -3.54. The van der Waals surface area contributed by atoms with Gasteiger partial charge in [0.15, 0.2) is 0 Å². The molecule has 0 aromatic heterocycles. The molecule has 0 aliphatic heterocycles. The highest BCUT2D eigenvalue weighted by atomic mass is 19.4. The Labute approximate surface area is 244 Å². The van der Waals surface area contributed by atoms with Crippen molar-refractivity contribution in [3.63, 3.8) is 0 Å². The van der Waals surface area contributed by atoms with Crippen LogP contribution >= 0.6 is 0 Å². The van der Waals surface area contributed by atoms with Crippen LogP contribution in [-0.2, 0) is 17.8 Å². The highest BCUT2D eigenvalue weighted by molar-refractivity contribution is 5.73. The van der Waals surface area contributed by atoms with Gasteiger partial charge in [-0.3, -0.25) is 0 Å². The van der Waals surface area contributed by atoms with Crippen molar-refractivity contribution in [3.8, 4) is 11.1 Å². The molecule has 5 rings (SSSR count). The minimum absolute atomic E-state index is 0.206. The van der Waals surface area contributed by atoms with Gasteiger partial charge in [-0.25, -0.2) is 0 Å². The summed E-state index contributed by atoms with van der Waals surface area (Å²) in [6.45, 7) is 14.4. The average Bonchev–Trinajstić information content (AvgIpc) is 3.08. The fourth-order valence-electron chi connectivity index (χ4n) is 6.35. The van der Waals surface area contributed by atoms with E-state index in [0.29, 0.717) is 23.0 Å². The third-order valence-corrected chi connectivity index (χ3v) is 8.36. The van der Waals surface area contributed by atoms with E-state index in [1.807, 2.05) is 0 Å². The normalized spacial score (nSPS) is 17.8. The van der Waals surface area contributed by atoms with Crippen LogP contribution in [0.4, 0.5) is 26.3 Å². The predicted octanol–water partition coefficient (Wildman–Crippen LogP) is 11.5. The number of aryl methyl sites for hydroxylation is 4. The molecule has 4 aromatic rings. The molecule has 2 atom stereocenters. The second kappa shape index (κ2) is 11.3. The van der Waals surface area contributed by atoms with E-state index in [0.717, 1.165) is 24.3 Å². The minimum atomic E-state index is -4.73. The van der Waals surface area contributed by atoms with Gasteiger partial charge in [-0.15, -0.1) is 0 Å². The Morgan fingerprint density at radius 1 is 0.548 bits per heavy atom. The highest BCUT2D eigenvalue weighted by Crippen LogP contribution is 2.55. The molecule has 0 saturated carbocycles. The molecule has 0 spiro atoms. The van der Waals surface area contributed by atoms with Crippen LogP contribution in [0.2, 0.25) is 0 Å². The van der Waals surface area contributed by atoms with E-state index < -0.39 is 34.6 Å². The van der Waals surface area contributed by atoms with Crippen LogP contribution in [0, 0.1) is 27.7 Å². The molecule has 1 aliphatic rings. The van der Waals surface area contributed by atoms with Crippen molar-refractivity contribution >= 4 is 0 Å². The Kier molecular flexibility index (Phi) is 8.43. The van der Waals surface area contributed by atoms with E-state index in [2.05, 4.69) is 77.1 Å². The van der Waals surface area contributed by atoms with Crippen LogP contribution in [0.25, 0.3) is 11.1 Å². The highest BCUT2D eigenvalue weighted by Gasteiger charge is 2.44. The summed E-state index contributed by atoms with van der Waals surface area (Å²) in [4.78, 5) is 0. The van der Waals surface area contributed by atoms with Crippen molar-refractivity contribution in [3.05, 3.63) is 129 Å². The van der Waals surface area contributed by atoms with Gasteiger partial charge in [-0.05, 0) is 84.9 Å². The molecule has 0 saturated heterocycles. The van der Waals surface area contributed by atoms with Crippen molar-refractivity contribution in [2.75, 3.05) is 0 Å². The lowest BCUT2D eigenvalue weighted by molar-refractivity contribution is -0.139. The van der Waals surface area contributed by atoms with Crippen LogP contribution in [0.5, 0.6) is 0 Å². The lowest BCUT2D eigenvalue weighted by Gasteiger charge is -2.31. The van der Waals surface area contributed by atoms with Gasteiger partial charge in [-0.1, -0.05) is 110 Å². The van der Waals surface area contributed by atoms with Crippen LogP contribution in [0.3, 0.4) is 0 Å². The lowest BCUT2D eigenvalue weighted by Crippen LogP contribution is -2.23. The molecule has 0 N–H and O–H groups in total. The molecule has 0 heterocycles. The topological polar surface area (TPSA) is 0 Å². The molecule has 1 aliphatic carbocycles. The van der Waals surface area contributed by atoms with Crippen LogP contribution in [0.15, 0.2) is 78.9 Å². The molecule has 0 nitrogen and oxygen atoms in total. The van der Waals surface area contributed by atoms with Crippen molar-refractivity contribution in [1.82, 2.24) is 0 Å². The maximum atomic E-state index is 13.1. The third kappa shape index (κ3) is 6.28. The number of hydrogen-bond acceptors (Lipinski definition) is 0. The first-order valence-electron chi connectivity index (χ1n) is 13.9. The maximum absolute atomic E-state index is 13.1. The number of hydrogen-bond donors (Lipinski definition) is 0. The summed E-state index contributed by atoms with van der Waals surface area (Å²) in [5.41, 5.74) is 5.05. The van der Waals surface area contributed by atoms with Gasteiger partial charge in [0.25, 0.3) is 0 Å². The zero-order valence-corrected chi connectivity index (χ0v) is 24.9. The zero-order valence-electron chi connectivity index (χ0n) is 24.9. The molecule has 2 unspecified atom stereocenters. The maximum Gasteiger partial charge on any atom is 0.417 e. The summed E-state index contributed by atoms with van der Waals surface area (Å²) < 4.78 is 78.8. The van der Waals surface area contributed by atoms with Crippen molar-refractivity contribution < 1.29 is 26.3 Å². The van der Waals surface area contributed by atoms with Crippen molar-refractivity contribution in [1.29, 1.82) is 0 Å². The van der Waals surface area contributed by atoms with Gasteiger partial charge < -0.3 is 0 Å². The average molecular weight is 583 g/mol. The van der Waals surface area contributed by atoms with Gasteiger partial charge in [0, 0.05) is 0 Å². The van der Waals surface area contributed by atoms with Crippen molar-refractivity contribution in [2.45, 2.75) is 78.1 Å². The molecular weight excluding hydrogens is 546 g/mol. The molecule has 0 bridgehead atoms. The van der Waals surface area contributed by atoms with E-state index in [1.165, 1.54) is 48.2 Å². The molecule has 0 fully saturated rings.